The molecular formula is C14H21N3O3. The number of aryl methyl sites for hydroxylation is 2. The Morgan fingerprint density at radius 2 is 2.25 bits per heavy atom. The number of hydrogen-bond acceptors (Lipinski definition) is 3. The lowest BCUT2D eigenvalue weighted by Gasteiger charge is -2.09. The first kappa shape index (κ1) is 9.99. The summed E-state index contributed by atoms with van der Waals surface area (Å²) in [6, 6.07) is 0. The lowest BCUT2D eigenvalue weighted by Crippen LogP contribution is -2.39. The van der Waals surface area contributed by atoms with E-state index in [4.69, 9.17) is 5.48 Å². The Morgan fingerprint density at radius 1 is 1.50 bits per heavy atom. The van der Waals surface area contributed by atoms with Crippen molar-refractivity contribution in [2.24, 2.45) is 7.05 Å². The molecule has 2 rings (SSSR count). The number of fused-ring (bicyclic) bond motifs is 1. The first-order valence-electron chi connectivity index (χ1n) is 8.52. The summed E-state index contributed by atoms with van der Waals surface area (Å²) in [5.74, 6) is 0. The van der Waals surface area contributed by atoms with E-state index < -0.39 is 24.2 Å². The SMILES string of the molecule is [2H]c1[nH]c2c(c1C)c(=O)n(CCCCC(O)C([2H])([2H])[2H])c(=O)n2C. The van der Waals surface area contributed by atoms with Gasteiger partial charge in [-0.2, -0.15) is 0 Å². The maximum atomic E-state index is 12.5. The monoisotopic (exact) mass is 283 g/mol. The van der Waals surface area contributed by atoms with E-state index in [-0.39, 0.29) is 19.1 Å². The predicted octanol–water partition coefficient (Wildman–Crippen LogP) is 0.888. The highest BCUT2D eigenvalue weighted by Gasteiger charge is 2.13. The lowest BCUT2D eigenvalue weighted by atomic mass is 10.2. The van der Waals surface area contributed by atoms with Crippen molar-refractivity contribution in [3.63, 3.8) is 0 Å². The zero-order valence-corrected chi connectivity index (χ0v) is 11.6. The van der Waals surface area contributed by atoms with Crippen LogP contribution in [0.15, 0.2) is 15.8 Å². The lowest BCUT2D eigenvalue weighted by molar-refractivity contribution is 0.180. The zero-order valence-electron chi connectivity index (χ0n) is 15.6. The van der Waals surface area contributed by atoms with E-state index in [0.29, 0.717) is 29.4 Å². The van der Waals surface area contributed by atoms with Gasteiger partial charge in [-0.05, 0) is 38.6 Å². The van der Waals surface area contributed by atoms with Crippen molar-refractivity contribution < 1.29 is 10.6 Å². The fourth-order valence-corrected chi connectivity index (χ4v) is 2.27. The molecule has 1 unspecified atom stereocenters. The van der Waals surface area contributed by atoms with Gasteiger partial charge < -0.3 is 10.1 Å². The number of nitrogens with one attached hydrogen (secondary N) is 1. The Bertz CT molecular complexity index is 863. The maximum absolute atomic E-state index is 12.5. The summed E-state index contributed by atoms with van der Waals surface area (Å²) in [5, 5.41) is 9.80. The Balaban J connectivity index is 2.23. The van der Waals surface area contributed by atoms with Gasteiger partial charge in [0.2, 0.25) is 0 Å². The number of H-pyrrole nitrogens is 1. The second-order valence-electron chi connectivity index (χ2n) is 4.91. The summed E-state index contributed by atoms with van der Waals surface area (Å²) in [7, 11) is 1.52. The van der Waals surface area contributed by atoms with Crippen molar-refractivity contribution in [3.8, 4) is 0 Å². The summed E-state index contributed by atoms with van der Waals surface area (Å²) < 4.78 is 31.4. The molecule has 20 heavy (non-hydrogen) atoms. The van der Waals surface area contributed by atoms with E-state index in [9.17, 15) is 14.7 Å². The van der Waals surface area contributed by atoms with E-state index in [2.05, 4.69) is 4.98 Å². The molecule has 0 amide bonds. The van der Waals surface area contributed by atoms with Gasteiger partial charge in [-0.3, -0.25) is 13.9 Å². The highest BCUT2D eigenvalue weighted by molar-refractivity contribution is 5.78. The Hall–Kier alpha value is -1.82. The summed E-state index contributed by atoms with van der Waals surface area (Å²) in [4.78, 5) is 27.6. The average Bonchev–Trinajstić information content (AvgIpc) is 2.79. The number of nitrogens with zero attached hydrogens (tertiary/aromatic N) is 2. The number of aromatic nitrogens is 3. The quantitative estimate of drug-likeness (QED) is 0.800. The third kappa shape index (κ3) is 2.56. The third-order valence-corrected chi connectivity index (χ3v) is 3.40. The van der Waals surface area contributed by atoms with Crippen molar-refractivity contribution in [1.82, 2.24) is 14.1 Å². The van der Waals surface area contributed by atoms with Gasteiger partial charge in [0.05, 0.1) is 12.9 Å². The van der Waals surface area contributed by atoms with Crippen LogP contribution in [-0.4, -0.2) is 25.3 Å². The van der Waals surface area contributed by atoms with Crippen LogP contribution in [0, 0.1) is 6.92 Å². The number of rotatable bonds is 5. The molecule has 2 aromatic heterocycles. The molecule has 0 saturated heterocycles. The summed E-state index contributed by atoms with van der Waals surface area (Å²) in [6.07, 6.45) is -0.463. The molecule has 0 aliphatic carbocycles. The van der Waals surface area contributed by atoms with Crippen LogP contribution in [0.25, 0.3) is 11.0 Å². The molecular weight excluding hydrogens is 258 g/mol. The smallest absolute Gasteiger partial charge is 0.332 e. The van der Waals surface area contributed by atoms with Gasteiger partial charge in [0, 0.05) is 23.9 Å². The first-order chi connectivity index (χ1) is 11.1. The van der Waals surface area contributed by atoms with Crippen molar-refractivity contribution in [2.75, 3.05) is 0 Å². The average molecular weight is 283 g/mol. The predicted molar refractivity (Wildman–Crippen MR) is 78.1 cm³/mol. The Labute approximate surface area is 122 Å². The van der Waals surface area contributed by atoms with Crippen LogP contribution in [0.4, 0.5) is 0 Å². The second kappa shape index (κ2) is 5.66. The number of aromatic amines is 1. The molecule has 2 heterocycles. The Kier molecular flexibility index (Phi) is 2.83. The van der Waals surface area contributed by atoms with Gasteiger partial charge in [0.25, 0.3) is 5.56 Å². The van der Waals surface area contributed by atoms with Crippen LogP contribution in [-0.2, 0) is 13.6 Å². The van der Waals surface area contributed by atoms with Gasteiger partial charge in [0.1, 0.15) is 5.65 Å². The van der Waals surface area contributed by atoms with E-state index in [1.807, 2.05) is 0 Å². The summed E-state index contributed by atoms with van der Waals surface area (Å²) in [5.41, 5.74) is -0.152. The number of hydrogen-bond donors (Lipinski definition) is 2. The minimum absolute atomic E-state index is 0.0772. The molecule has 2 N–H and O–H groups in total. The number of unbranched alkanes of at least 4 members (excludes halogenated alkanes) is 1. The molecule has 6 nitrogen and oxygen atoms in total. The molecule has 0 aliphatic rings. The fourth-order valence-electron chi connectivity index (χ4n) is 2.27. The van der Waals surface area contributed by atoms with Crippen LogP contribution in [0.5, 0.6) is 0 Å². The van der Waals surface area contributed by atoms with Crippen LogP contribution < -0.4 is 11.2 Å². The van der Waals surface area contributed by atoms with Gasteiger partial charge in [-0.1, -0.05) is 0 Å². The van der Waals surface area contributed by atoms with Crippen molar-refractivity contribution in [1.29, 1.82) is 0 Å². The fraction of sp³-hybridized carbons (Fsp3) is 0.571. The van der Waals surface area contributed by atoms with Gasteiger partial charge in [0.15, 0.2) is 0 Å². The van der Waals surface area contributed by atoms with Crippen molar-refractivity contribution >= 4 is 11.0 Å². The molecule has 110 valence electrons. The van der Waals surface area contributed by atoms with E-state index in [0.717, 1.165) is 4.57 Å². The molecule has 0 aliphatic heterocycles. The van der Waals surface area contributed by atoms with Gasteiger partial charge >= 0.3 is 5.69 Å². The van der Waals surface area contributed by atoms with Gasteiger partial charge in [-0.25, -0.2) is 4.79 Å². The first-order valence-corrected chi connectivity index (χ1v) is 6.52. The van der Waals surface area contributed by atoms with E-state index >= 15 is 0 Å². The largest absolute Gasteiger partial charge is 0.393 e. The molecule has 2 aromatic rings. The molecule has 0 saturated carbocycles. The molecule has 1 atom stereocenters. The topological polar surface area (TPSA) is 80.0 Å². The molecule has 6 heteroatoms. The van der Waals surface area contributed by atoms with Crippen molar-refractivity contribution in [2.45, 2.75) is 45.7 Å². The number of aliphatic hydroxyl groups is 1. The maximum Gasteiger partial charge on any atom is 0.332 e. The number of aliphatic hydroxyl groups excluding tert-OH is 1. The van der Waals surface area contributed by atoms with E-state index in [1.165, 1.54) is 11.6 Å². The van der Waals surface area contributed by atoms with Crippen molar-refractivity contribution in [3.05, 3.63) is 32.6 Å². The van der Waals surface area contributed by atoms with Crippen LogP contribution >= 0.6 is 0 Å². The summed E-state index contributed by atoms with van der Waals surface area (Å²) >= 11 is 0. The summed E-state index contributed by atoms with van der Waals surface area (Å²) in [6.45, 7) is -0.643. The molecule has 0 spiro atoms. The van der Waals surface area contributed by atoms with Crippen LogP contribution in [0.1, 0.15) is 37.2 Å². The molecule has 0 bridgehead atoms. The molecule has 0 fully saturated rings. The highest BCUT2D eigenvalue weighted by Crippen LogP contribution is 2.10. The zero-order chi connectivity index (χ0) is 18.2. The minimum Gasteiger partial charge on any atom is -0.393 e. The molecule has 0 aromatic carbocycles. The third-order valence-electron chi connectivity index (χ3n) is 3.40. The molecule has 0 radical (unpaired) electrons. The second-order valence-corrected chi connectivity index (χ2v) is 4.91. The van der Waals surface area contributed by atoms with Crippen LogP contribution in [0.2, 0.25) is 0 Å². The van der Waals surface area contributed by atoms with Crippen LogP contribution in [0.3, 0.4) is 0 Å². The Morgan fingerprint density at radius 3 is 2.95 bits per heavy atom. The van der Waals surface area contributed by atoms with E-state index in [1.54, 1.807) is 6.92 Å². The minimum atomic E-state index is -2.42. The standard InChI is InChI=1S/C14H21N3O3/c1-9-8-15-12-11(9)13(19)17(14(20)16(12)3)7-5-4-6-10(2)18/h8,10,15,18H,4-7H2,1-3H3/i2D3,8D. The van der Waals surface area contributed by atoms with Gasteiger partial charge in [-0.15, -0.1) is 0 Å². The highest BCUT2D eigenvalue weighted by atomic mass is 16.3. The normalized spacial score (nSPS) is 16.6.